The minimum atomic E-state index is -0.583. The Balaban J connectivity index is 1.80. The van der Waals surface area contributed by atoms with Gasteiger partial charge in [0, 0.05) is 40.4 Å². The Morgan fingerprint density at radius 1 is 1.17 bits per heavy atom. The standard InChI is InChI=1S/C22H27FN6O/c1-13-10-14(2)27-21(26-13)29-20(28-19(30)22(3,4)5)24-9-8-15-12-25-18-7-6-16(23)11-17(15)18/h6-7,10-12,25H,8-9H2,1-5H3,(H2,24,26,27,28,29,30). The maximum absolute atomic E-state index is 13.6. The number of guanidine groups is 1. The van der Waals surface area contributed by atoms with Crippen molar-refractivity contribution in [3.05, 3.63) is 53.2 Å². The summed E-state index contributed by atoms with van der Waals surface area (Å²) in [7, 11) is 0. The van der Waals surface area contributed by atoms with Crippen molar-refractivity contribution in [2.24, 2.45) is 10.4 Å². The molecular weight excluding hydrogens is 383 g/mol. The number of hydrogen-bond donors (Lipinski definition) is 3. The summed E-state index contributed by atoms with van der Waals surface area (Å²) in [5.74, 6) is 0.200. The third-order valence-corrected chi connectivity index (χ3v) is 4.51. The summed E-state index contributed by atoms with van der Waals surface area (Å²) < 4.78 is 13.6. The van der Waals surface area contributed by atoms with Crippen LogP contribution in [0.25, 0.3) is 10.9 Å². The number of carbonyl (C=O) groups excluding carboxylic acids is 1. The largest absolute Gasteiger partial charge is 0.361 e. The number of anilines is 1. The molecule has 0 saturated heterocycles. The summed E-state index contributed by atoms with van der Waals surface area (Å²) in [6.45, 7) is 9.62. The minimum Gasteiger partial charge on any atom is -0.361 e. The fourth-order valence-corrected chi connectivity index (χ4v) is 2.94. The van der Waals surface area contributed by atoms with Crippen LogP contribution in [-0.2, 0) is 11.2 Å². The first-order valence-corrected chi connectivity index (χ1v) is 9.82. The summed E-state index contributed by atoms with van der Waals surface area (Å²) in [4.78, 5) is 28.8. The second-order valence-electron chi connectivity index (χ2n) is 8.29. The zero-order valence-corrected chi connectivity index (χ0v) is 17.9. The van der Waals surface area contributed by atoms with E-state index in [4.69, 9.17) is 0 Å². The van der Waals surface area contributed by atoms with E-state index in [0.29, 0.717) is 18.9 Å². The summed E-state index contributed by atoms with van der Waals surface area (Å²) in [5.41, 5.74) is 2.87. The molecule has 0 saturated carbocycles. The second kappa shape index (κ2) is 8.61. The number of nitrogens with one attached hydrogen (secondary N) is 3. The Morgan fingerprint density at radius 3 is 2.53 bits per heavy atom. The van der Waals surface area contributed by atoms with Gasteiger partial charge in [0.05, 0.1) is 0 Å². The Labute approximate surface area is 175 Å². The van der Waals surface area contributed by atoms with Crippen LogP contribution in [0.2, 0.25) is 0 Å². The van der Waals surface area contributed by atoms with Crippen LogP contribution in [0.3, 0.4) is 0 Å². The number of H-pyrrole nitrogens is 1. The van der Waals surface area contributed by atoms with Crippen molar-refractivity contribution >= 4 is 28.7 Å². The van der Waals surface area contributed by atoms with Gasteiger partial charge in [-0.3, -0.25) is 20.4 Å². The molecule has 1 amide bonds. The molecule has 0 fully saturated rings. The number of halogens is 1. The molecule has 2 heterocycles. The number of aliphatic imine (C=N–C) groups is 1. The molecule has 0 unspecified atom stereocenters. The average Bonchev–Trinajstić information content (AvgIpc) is 3.02. The molecule has 3 rings (SSSR count). The van der Waals surface area contributed by atoms with E-state index >= 15 is 0 Å². The van der Waals surface area contributed by atoms with E-state index in [1.54, 1.807) is 6.07 Å². The number of hydrogen-bond acceptors (Lipinski definition) is 4. The number of rotatable bonds is 4. The van der Waals surface area contributed by atoms with Crippen molar-refractivity contribution < 1.29 is 9.18 Å². The molecule has 0 aliphatic heterocycles. The molecule has 0 atom stereocenters. The molecule has 0 radical (unpaired) electrons. The highest BCUT2D eigenvalue weighted by Crippen LogP contribution is 2.20. The van der Waals surface area contributed by atoms with Crippen LogP contribution in [-0.4, -0.2) is 33.4 Å². The number of aryl methyl sites for hydroxylation is 2. The smallest absolute Gasteiger partial charge is 0.232 e. The SMILES string of the molecule is Cc1cc(C)nc(NC(=NCCc2c[nH]c3ccc(F)cc23)NC(=O)C(C)(C)C)n1. The normalized spacial score (nSPS) is 12.3. The van der Waals surface area contributed by atoms with E-state index < -0.39 is 5.41 Å². The van der Waals surface area contributed by atoms with Gasteiger partial charge in [-0.15, -0.1) is 0 Å². The van der Waals surface area contributed by atoms with Crippen LogP contribution in [0.1, 0.15) is 37.7 Å². The molecule has 0 aliphatic rings. The Bertz CT molecular complexity index is 1080. The van der Waals surface area contributed by atoms with Gasteiger partial charge in [0.15, 0.2) is 0 Å². The molecule has 0 bridgehead atoms. The molecule has 8 heteroatoms. The highest BCUT2D eigenvalue weighted by atomic mass is 19.1. The zero-order chi connectivity index (χ0) is 21.9. The van der Waals surface area contributed by atoms with Crippen molar-refractivity contribution in [3.63, 3.8) is 0 Å². The maximum Gasteiger partial charge on any atom is 0.232 e. The predicted molar refractivity (Wildman–Crippen MR) is 117 cm³/mol. The number of aromatic nitrogens is 3. The van der Waals surface area contributed by atoms with E-state index in [0.717, 1.165) is 27.9 Å². The van der Waals surface area contributed by atoms with Gasteiger partial charge in [0.1, 0.15) is 5.82 Å². The van der Waals surface area contributed by atoms with Crippen molar-refractivity contribution in [2.75, 3.05) is 11.9 Å². The molecule has 0 aliphatic carbocycles. The molecule has 2 aromatic heterocycles. The average molecular weight is 410 g/mol. The first kappa shape index (κ1) is 21.4. The van der Waals surface area contributed by atoms with Crippen LogP contribution < -0.4 is 10.6 Å². The number of fused-ring (bicyclic) bond motifs is 1. The van der Waals surface area contributed by atoms with Crippen molar-refractivity contribution in [3.8, 4) is 0 Å². The predicted octanol–water partition coefficient (Wildman–Crippen LogP) is 3.89. The summed E-state index contributed by atoms with van der Waals surface area (Å²) in [6.07, 6.45) is 2.43. The number of amides is 1. The van der Waals surface area contributed by atoms with E-state index in [-0.39, 0.29) is 17.7 Å². The molecule has 0 spiro atoms. The first-order valence-electron chi connectivity index (χ1n) is 9.82. The summed E-state index contributed by atoms with van der Waals surface area (Å²) in [5, 5.41) is 6.67. The van der Waals surface area contributed by atoms with Gasteiger partial charge < -0.3 is 4.98 Å². The van der Waals surface area contributed by atoms with Gasteiger partial charge in [-0.25, -0.2) is 14.4 Å². The summed E-state index contributed by atoms with van der Waals surface area (Å²) >= 11 is 0. The molecule has 158 valence electrons. The molecule has 7 nitrogen and oxygen atoms in total. The van der Waals surface area contributed by atoms with E-state index in [1.165, 1.54) is 12.1 Å². The van der Waals surface area contributed by atoms with Gasteiger partial charge in [0.25, 0.3) is 0 Å². The van der Waals surface area contributed by atoms with Gasteiger partial charge in [-0.1, -0.05) is 20.8 Å². The third kappa shape index (κ3) is 5.40. The maximum atomic E-state index is 13.6. The van der Waals surface area contributed by atoms with Crippen LogP contribution in [0.15, 0.2) is 35.5 Å². The quantitative estimate of drug-likeness (QED) is 0.449. The van der Waals surface area contributed by atoms with E-state index in [2.05, 4.69) is 30.6 Å². The molecule has 3 N–H and O–H groups in total. The van der Waals surface area contributed by atoms with Crippen LogP contribution in [0.4, 0.5) is 10.3 Å². The highest BCUT2D eigenvalue weighted by molar-refractivity contribution is 6.04. The lowest BCUT2D eigenvalue weighted by Crippen LogP contribution is -2.42. The Kier molecular flexibility index (Phi) is 6.14. The summed E-state index contributed by atoms with van der Waals surface area (Å²) in [6, 6.07) is 6.51. The first-order chi connectivity index (χ1) is 14.1. The van der Waals surface area contributed by atoms with E-state index in [1.807, 2.05) is 46.9 Å². The van der Waals surface area contributed by atoms with Crippen LogP contribution in [0.5, 0.6) is 0 Å². The fourth-order valence-electron chi connectivity index (χ4n) is 2.94. The highest BCUT2D eigenvalue weighted by Gasteiger charge is 2.22. The molecule has 30 heavy (non-hydrogen) atoms. The van der Waals surface area contributed by atoms with Gasteiger partial charge in [-0.2, -0.15) is 0 Å². The minimum absolute atomic E-state index is 0.174. The van der Waals surface area contributed by atoms with Gasteiger partial charge >= 0.3 is 0 Å². The van der Waals surface area contributed by atoms with Crippen molar-refractivity contribution in [1.29, 1.82) is 0 Å². The Morgan fingerprint density at radius 2 is 1.87 bits per heavy atom. The molecule has 1 aromatic carbocycles. The molecular formula is C22H27FN6O. The van der Waals surface area contributed by atoms with Crippen molar-refractivity contribution in [2.45, 2.75) is 41.0 Å². The van der Waals surface area contributed by atoms with Crippen LogP contribution >= 0.6 is 0 Å². The van der Waals surface area contributed by atoms with E-state index in [9.17, 15) is 9.18 Å². The number of benzene rings is 1. The third-order valence-electron chi connectivity index (χ3n) is 4.51. The van der Waals surface area contributed by atoms with Crippen LogP contribution in [0, 0.1) is 25.1 Å². The molecule has 3 aromatic rings. The van der Waals surface area contributed by atoms with Crippen molar-refractivity contribution in [1.82, 2.24) is 20.3 Å². The lowest BCUT2D eigenvalue weighted by Gasteiger charge is -2.19. The number of nitrogens with zero attached hydrogens (tertiary/aromatic N) is 3. The number of carbonyl (C=O) groups is 1. The fraction of sp³-hybridized carbons (Fsp3) is 0.364. The lowest BCUT2D eigenvalue weighted by molar-refractivity contribution is -0.126. The number of aromatic amines is 1. The zero-order valence-electron chi connectivity index (χ0n) is 17.9. The topological polar surface area (TPSA) is 95.1 Å². The monoisotopic (exact) mass is 410 g/mol. The second-order valence-corrected chi connectivity index (χ2v) is 8.29. The Hall–Kier alpha value is -3.29. The van der Waals surface area contributed by atoms with Gasteiger partial charge in [-0.05, 0) is 50.1 Å². The lowest BCUT2D eigenvalue weighted by atomic mass is 9.96. The van der Waals surface area contributed by atoms with Gasteiger partial charge in [0.2, 0.25) is 17.8 Å².